The molecule has 12 heteroatoms. The Balaban J connectivity index is 2.52. The van der Waals surface area contributed by atoms with E-state index in [0.717, 1.165) is 12.0 Å². The van der Waals surface area contributed by atoms with Gasteiger partial charge in [0.1, 0.15) is 19.4 Å². The Morgan fingerprint density at radius 2 is 1.31 bits per heavy atom. The van der Waals surface area contributed by atoms with E-state index < -0.39 is 41.6 Å². The van der Waals surface area contributed by atoms with E-state index >= 15 is 0 Å². The van der Waals surface area contributed by atoms with E-state index in [9.17, 15) is 28.8 Å². The maximum atomic E-state index is 12.9. The monoisotopic (exact) mass is 589 g/mol. The number of hydrogen-bond donors (Lipinski definition) is 5. The van der Waals surface area contributed by atoms with Crippen LogP contribution in [0.3, 0.4) is 0 Å². The number of Topliss-reactive ketones (excluding diaryl/α,β-unsaturated/α-hetero) is 1. The van der Waals surface area contributed by atoms with Crippen LogP contribution in [-0.4, -0.2) is 74.3 Å². The molecular formula is C30H47N5O7. The maximum absolute atomic E-state index is 12.9. The number of amides is 5. The fourth-order valence-electron chi connectivity index (χ4n) is 3.44. The summed E-state index contributed by atoms with van der Waals surface area (Å²) in [5, 5.41) is 12.5. The van der Waals surface area contributed by atoms with Gasteiger partial charge in [-0.25, -0.2) is 0 Å². The maximum Gasteiger partial charge on any atom is 0.243 e. The lowest BCUT2D eigenvalue weighted by atomic mass is 9.90. The normalized spacial score (nSPS) is 12.0. The first-order chi connectivity index (χ1) is 19.6. The largest absolute Gasteiger partial charge is 0.353 e. The molecule has 0 aliphatic carbocycles. The first kappa shape index (κ1) is 36.2. The number of benzene rings is 1. The van der Waals surface area contributed by atoms with E-state index in [1.165, 1.54) is 0 Å². The zero-order valence-electron chi connectivity index (χ0n) is 25.7. The molecule has 0 aliphatic rings. The molecule has 0 saturated carbocycles. The second-order valence-corrected chi connectivity index (χ2v) is 12.3. The lowest BCUT2D eigenvalue weighted by Crippen LogP contribution is -2.52. The summed E-state index contributed by atoms with van der Waals surface area (Å²) in [5.41, 5.74) is 0.342. The molecule has 12 nitrogen and oxygen atoms in total. The molecule has 5 N–H and O–H groups in total. The van der Waals surface area contributed by atoms with Gasteiger partial charge in [0.2, 0.25) is 29.5 Å². The van der Waals surface area contributed by atoms with Crippen LogP contribution in [-0.2, 0) is 39.9 Å². The first-order valence-corrected chi connectivity index (χ1v) is 14.1. The third-order valence-corrected chi connectivity index (χ3v) is 6.02. The van der Waals surface area contributed by atoms with Gasteiger partial charge in [-0.3, -0.25) is 28.8 Å². The molecule has 0 spiro atoms. The van der Waals surface area contributed by atoms with Crippen LogP contribution < -0.4 is 26.6 Å². The van der Waals surface area contributed by atoms with Crippen molar-refractivity contribution >= 4 is 35.3 Å². The van der Waals surface area contributed by atoms with Crippen molar-refractivity contribution < 1.29 is 33.5 Å². The van der Waals surface area contributed by atoms with Crippen molar-refractivity contribution in [2.24, 2.45) is 10.8 Å². The second-order valence-electron chi connectivity index (χ2n) is 12.3. The fraction of sp³-hybridized carbons (Fsp3) is 0.600. The van der Waals surface area contributed by atoms with Crippen molar-refractivity contribution in [1.29, 1.82) is 0 Å². The molecule has 1 aromatic rings. The van der Waals surface area contributed by atoms with Crippen LogP contribution in [0.1, 0.15) is 66.4 Å². The Kier molecular flexibility index (Phi) is 15.4. The molecule has 0 fully saturated rings. The number of nitrogens with one attached hydrogen (secondary N) is 5. The van der Waals surface area contributed by atoms with E-state index in [-0.39, 0.29) is 50.0 Å². The standard InChI is InChI=1S/C30H47N5O7/c1-29(2,3)14-10-13-24(37)31-16-25(38)32-18-27(40)35-22(15-21-11-8-7-9-12-21)28(41)33-17-26(39)34-20-42-19-23(36)30(4,5)6/h7-9,11-12,22H,10,13-20H2,1-6H3,(H,31,37)(H,32,38)(H,33,41)(H,34,39)(H,35,40)/t22-/m0/s1. The van der Waals surface area contributed by atoms with Gasteiger partial charge in [-0.15, -0.1) is 0 Å². The highest BCUT2D eigenvalue weighted by Gasteiger charge is 2.23. The minimum absolute atomic E-state index is 0.114. The summed E-state index contributed by atoms with van der Waals surface area (Å²) in [6.45, 7) is 10.2. The van der Waals surface area contributed by atoms with E-state index in [1.807, 2.05) is 6.07 Å². The molecule has 0 saturated heterocycles. The number of carbonyl (C=O) groups excluding carboxylic acids is 6. The zero-order chi connectivity index (χ0) is 31.8. The van der Waals surface area contributed by atoms with Crippen LogP contribution >= 0.6 is 0 Å². The smallest absolute Gasteiger partial charge is 0.243 e. The minimum atomic E-state index is -1.02. The molecule has 0 radical (unpaired) electrons. The van der Waals surface area contributed by atoms with Crippen LogP contribution in [0.5, 0.6) is 0 Å². The fourth-order valence-corrected chi connectivity index (χ4v) is 3.44. The van der Waals surface area contributed by atoms with Gasteiger partial charge in [-0.2, -0.15) is 0 Å². The van der Waals surface area contributed by atoms with E-state index in [2.05, 4.69) is 47.4 Å². The van der Waals surface area contributed by atoms with E-state index in [1.54, 1.807) is 45.0 Å². The lowest BCUT2D eigenvalue weighted by molar-refractivity contribution is -0.133. The highest BCUT2D eigenvalue weighted by Crippen LogP contribution is 2.21. The SMILES string of the molecule is CC(C)(C)CCCC(=O)NCC(=O)NCC(=O)N[C@@H](Cc1ccccc1)C(=O)NCC(=O)NCOCC(=O)C(C)(C)C. The lowest BCUT2D eigenvalue weighted by Gasteiger charge is -2.19. The average Bonchev–Trinajstić information content (AvgIpc) is 2.90. The quantitative estimate of drug-likeness (QED) is 0.133. The highest BCUT2D eigenvalue weighted by molar-refractivity contribution is 5.92. The predicted octanol–water partition coefficient (Wildman–Crippen LogP) is 0.984. The molecule has 0 aromatic heterocycles. The molecular weight excluding hydrogens is 542 g/mol. The number of ether oxygens (including phenoxy) is 1. The van der Waals surface area contributed by atoms with Gasteiger partial charge >= 0.3 is 0 Å². The summed E-state index contributed by atoms with van der Waals surface area (Å²) in [4.78, 5) is 73.5. The van der Waals surface area contributed by atoms with Crippen molar-refractivity contribution in [3.05, 3.63) is 35.9 Å². The summed E-state index contributed by atoms with van der Waals surface area (Å²) in [6, 6.07) is 7.97. The molecule has 0 heterocycles. The van der Waals surface area contributed by atoms with Crippen molar-refractivity contribution in [2.45, 2.75) is 73.3 Å². The zero-order valence-corrected chi connectivity index (χ0v) is 25.7. The van der Waals surface area contributed by atoms with Gasteiger partial charge in [0.05, 0.1) is 19.6 Å². The van der Waals surface area contributed by atoms with Crippen molar-refractivity contribution in [1.82, 2.24) is 26.6 Å². The second kappa shape index (κ2) is 17.9. The van der Waals surface area contributed by atoms with E-state index in [0.29, 0.717) is 12.8 Å². The number of carbonyl (C=O) groups is 6. The molecule has 5 amide bonds. The predicted molar refractivity (Wildman–Crippen MR) is 158 cm³/mol. The van der Waals surface area contributed by atoms with Crippen LogP contribution in [0.15, 0.2) is 30.3 Å². The average molecular weight is 590 g/mol. The van der Waals surface area contributed by atoms with Gasteiger partial charge in [0.15, 0.2) is 5.78 Å². The topological polar surface area (TPSA) is 172 Å². The van der Waals surface area contributed by atoms with Gasteiger partial charge in [-0.05, 0) is 23.8 Å². The number of rotatable bonds is 17. The Labute approximate surface area is 248 Å². The molecule has 234 valence electrons. The third kappa shape index (κ3) is 17.1. The number of ketones is 1. The van der Waals surface area contributed by atoms with Crippen molar-refractivity contribution in [3.63, 3.8) is 0 Å². The summed E-state index contributed by atoms with van der Waals surface area (Å²) >= 11 is 0. The molecule has 0 bridgehead atoms. The van der Waals surface area contributed by atoms with Crippen LogP contribution in [0.4, 0.5) is 0 Å². The Bertz CT molecular complexity index is 1060. The molecule has 1 rings (SSSR count). The van der Waals surface area contributed by atoms with Gasteiger partial charge in [0.25, 0.3) is 0 Å². The summed E-state index contributed by atoms with van der Waals surface area (Å²) in [7, 11) is 0. The van der Waals surface area contributed by atoms with Crippen LogP contribution in [0.25, 0.3) is 0 Å². The summed E-state index contributed by atoms with van der Waals surface area (Å²) < 4.78 is 5.18. The molecule has 0 aliphatic heterocycles. The van der Waals surface area contributed by atoms with Crippen molar-refractivity contribution in [2.75, 3.05) is 33.0 Å². The van der Waals surface area contributed by atoms with Crippen molar-refractivity contribution in [3.8, 4) is 0 Å². The molecule has 0 unspecified atom stereocenters. The minimum Gasteiger partial charge on any atom is -0.353 e. The van der Waals surface area contributed by atoms with Crippen LogP contribution in [0.2, 0.25) is 0 Å². The molecule has 1 atom stereocenters. The van der Waals surface area contributed by atoms with E-state index in [4.69, 9.17) is 4.74 Å². The summed E-state index contributed by atoms with van der Waals surface area (Å²) in [6.07, 6.45) is 2.04. The van der Waals surface area contributed by atoms with Gasteiger partial charge < -0.3 is 31.3 Å². The van der Waals surface area contributed by atoms with Gasteiger partial charge in [-0.1, -0.05) is 71.9 Å². The Morgan fingerprint density at radius 3 is 1.93 bits per heavy atom. The number of hydrogen-bond acceptors (Lipinski definition) is 7. The van der Waals surface area contributed by atoms with Crippen LogP contribution in [0, 0.1) is 10.8 Å². The highest BCUT2D eigenvalue weighted by atomic mass is 16.5. The molecule has 42 heavy (non-hydrogen) atoms. The first-order valence-electron chi connectivity index (χ1n) is 14.1. The third-order valence-electron chi connectivity index (χ3n) is 6.02. The molecule has 1 aromatic carbocycles. The Hall–Kier alpha value is -3.80. The Morgan fingerprint density at radius 1 is 0.738 bits per heavy atom. The van der Waals surface area contributed by atoms with Gasteiger partial charge in [0, 0.05) is 18.3 Å². The summed E-state index contributed by atoms with van der Waals surface area (Å²) in [5.74, 6) is -2.65.